The first-order chi connectivity index (χ1) is 13.4. The van der Waals surface area contributed by atoms with Crippen LogP contribution in [-0.2, 0) is 24.8 Å². The number of nitrogens with zero attached hydrogens (tertiary/aromatic N) is 3. The van der Waals surface area contributed by atoms with Crippen molar-refractivity contribution in [1.82, 2.24) is 19.5 Å². The fourth-order valence-corrected chi connectivity index (χ4v) is 3.92. The van der Waals surface area contributed by atoms with Crippen molar-refractivity contribution in [3.8, 4) is 0 Å². The van der Waals surface area contributed by atoms with Gasteiger partial charge >= 0.3 is 0 Å². The summed E-state index contributed by atoms with van der Waals surface area (Å²) in [5.74, 6) is -3.74. The lowest BCUT2D eigenvalue weighted by Gasteiger charge is -2.42. The van der Waals surface area contributed by atoms with E-state index < -0.39 is 52.5 Å². The minimum absolute atomic E-state index is 0.312. The molecule has 3 heterocycles. The Kier molecular flexibility index (Phi) is 4.47. The molecule has 1 aliphatic rings. The SMILES string of the molecule is CC(=O)[C@@]1(O)[C@@](O)(C(C)=O)[C@@H](CO)O[C@@]1(C(C)=O)n1cnc2c(=O)[nH]c(N)nc21. The molecule has 156 valence electrons. The number of nitrogens with two attached hydrogens (primary N) is 1. The number of hydrogen-bond donors (Lipinski definition) is 5. The Balaban J connectivity index is 2.52. The standard InChI is InChI=1S/C16H19N5O8/c1-6(23)14(27)9(4-22)29-16(8(3)25,15(14,28)7(2)24)21-5-18-10-11(21)19-13(17)20-12(10)26/h5,9,22,27-28H,4H2,1-3H3,(H3,17,19,20,26)/t9-,14-,15-,16-/m1/s1. The molecule has 1 fully saturated rings. The third-order valence-corrected chi connectivity index (χ3v) is 5.27. The van der Waals surface area contributed by atoms with Crippen LogP contribution in [0.1, 0.15) is 20.8 Å². The Bertz CT molecular complexity index is 1110. The minimum atomic E-state index is -3.20. The van der Waals surface area contributed by atoms with E-state index in [9.17, 15) is 34.5 Å². The van der Waals surface area contributed by atoms with Crippen molar-refractivity contribution in [3.05, 3.63) is 16.7 Å². The molecule has 4 atom stereocenters. The molecule has 0 spiro atoms. The summed E-state index contributed by atoms with van der Waals surface area (Å²) in [5.41, 5.74) is -4.88. The van der Waals surface area contributed by atoms with Gasteiger partial charge < -0.3 is 25.8 Å². The van der Waals surface area contributed by atoms with E-state index in [0.29, 0.717) is 0 Å². The monoisotopic (exact) mass is 409 g/mol. The van der Waals surface area contributed by atoms with Gasteiger partial charge in [0.15, 0.2) is 34.1 Å². The quantitative estimate of drug-likeness (QED) is 0.335. The number of aliphatic hydroxyl groups is 3. The van der Waals surface area contributed by atoms with E-state index in [-0.39, 0.29) is 17.1 Å². The topological polar surface area (TPSA) is 211 Å². The predicted molar refractivity (Wildman–Crippen MR) is 94.4 cm³/mol. The smallest absolute Gasteiger partial charge is 0.280 e. The highest BCUT2D eigenvalue weighted by atomic mass is 16.6. The number of H-pyrrole nitrogens is 1. The van der Waals surface area contributed by atoms with Gasteiger partial charge in [-0.3, -0.25) is 28.7 Å². The molecule has 29 heavy (non-hydrogen) atoms. The van der Waals surface area contributed by atoms with Crippen LogP contribution in [0.5, 0.6) is 0 Å². The molecular formula is C16H19N5O8. The number of fused-ring (bicyclic) bond motifs is 1. The molecule has 2 aromatic heterocycles. The number of hydrogen-bond acceptors (Lipinski definition) is 11. The minimum Gasteiger partial charge on any atom is -0.394 e. The van der Waals surface area contributed by atoms with Gasteiger partial charge in [0.2, 0.25) is 17.3 Å². The number of carbonyl (C=O) groups is 3. The van der Waals surface area contributed by atoms with Gasteiger partial charge in [-0.25, -0.2) is 4.98 Å². The number of rotatable bonds is 5. The number of aromatic nitrogens is 4. The number of Topliss-reactive ketones (excluding diaryl/α,β-unsaturated/α-hetero) is 3. The lowest BCUT2D eigenvalue weighted by Crippen LogP contribution is -2.72. The molecule has 13 nitrogen and oxygen atoms in total. The fraction of sp³-hybridized carbons (Fsp3) is 0.500. The number of aromatic amines is 1. The maximum atomic E-state index is 12.8. The molecule has 3 rings (SSSR count). The summed E-state index contributed by atoms with van der Waals surface area (Å²) < 4.78 is 6.29. The van der Waals surface area contributed by atoms with Crippen molar-refractivity contribution < 1.29 is 34.4 Å². The third kappa shape index (κ3) is 2.23. The average Bonchev–Trinajstić information content (AvgIpc) is 3.13. The molecule has 2 aromatic rings. The van der Waals surface area contributed by atoms with E-state index >= 15 is 0 Å². The lowest BCUT2D eigenvalue weighted by atomic mass is 9.69. The molecule has 13 heteroatoms. The van der Waals surface area contributed by atoms with E-state index in [0.717, 1.165) is 31.7 Å². The van der Waals surface area contributed by atoms with Crippen LogP contribution >= 0.6 is 0 Å². The number of nitrogens with one attached hydrogen (secondary N) is 1. The number of aliphatic hydroxyl groups excluding tert-OH is 1. The second-order valence-electron chi connectivity index (χ2n) is 6.82. The Hall–Kier alpha value is -3.00. The van der Waals surface area contributed by atoms with E-state index in [1.54, 1.807) is 0 Å². The second-order valence-corrected chi connectivity index (χ2v) is 6.82. The maximum absolute atomic E-state index is 12.8. The summed E-state index contributed by atoms with van der Waals surface area (Å²) in [4.78, 5) is 59.8. The van der Waals surface area contributed by atoms with Crippen LogP contribution in [0, 0.1) is 0 Å². The largest absolute Gasteiger partial charge is 0.394 e. The fourth-order valence-electron chi connectivity index (χ4n) is 3.92. The normalized spacial score (nSPS) is 31.9. The summed E-state index contributed by atoms with van der Waals surface area (Å²) >= 11 is 0. The van der Waals surface area contributed by atoms with Gasteiger partial charge in [0.25, 0.3) is 5.56 Å². The molecule has 1 saturated heterocycles. The highest BCUT2D eigenvalue weighted by molar-refractivity contribution is 6.05. The Labute approximate surface area is 162 Å². The molecule has 0 bridgehead atoms. The van der Waals surface area contributed by atoms with Crippen molar-refractivity contribution in [2.75, 3.05) is 12.3 Å². The lowest BCUT2D eigenvalue weighted by molar-refractivity contribution is -0.206. The molecule has 0 aliphatic carbocycles. The Morgan fingerprint density at radius 1 is 1.24 bits per heavy atom. The van der Waals surface area contributed by atoms with E-state index in [4.69, 9.17) is 10.5 Å². The molecule has 0 amide bonds. The summed E-state index contributed by atoms with van der Waals surface area (Å²) in [6.07, 6.45) is -0.989. The Morgan fingerprint density at radius 2 is 1.86 bits per heavy atom. The van der Waals surface area contributed by atoms with Crippen LogP contribution in [0.4, 0.5) is 5.95 Å². The van der Waals surface area contributed by atoms with Crippen molar-refractivity contribution in [1.29, 1.82) is 0 Å². The molecule has 6 N–H and O–H groups in total. The van der Waals surface area contributed by atoms with Crippen molar-refractivity contribution in [3.63, 3.8) is 0 Å². The molecule has 0 aromatic carbocycles. The highest BCUT2D eigenvalue weighted by Crippen LogP contribution is 2.52. The van der Waals surface area contributed by atoms with E-state index in [2.05, 4.69) is 15.0 Å². The summed E-state index contributed by atoms with van der Waals surface area (Å²) in [6, 6.07) is 0. The van der Waals surface area contributed by atoms with Crippen molar-refractivity contribution >= 4 is 34.5 Å². The molecule has 0 unspecified atom stereocenters. The summed E-state index contributed by atoms with van der Waals surface area (Å²) in [6.45, 7) is 1.60. The van der Waals surface area contributed by atoms with Gasteiger partial charge in [0, 0.05) is 0 Å². The summed E-state index contributed by atoms with van der Waals surface area (Å²) in [5, 5.41) is 32.2. The maximum Gasteiger partial charge on any atom is 0.280 e. The molecular weight excluding hydrogens is 390 g/mol. The first-order valence-corrected chi connectivity index (χ1v) is 8.39. The van der Waals surface area contributed by atoms with Crippen molar-refractivity contribution in [2.24, 2.45) is 0 Å². The zero-order valence-electron chi connectivity index (χ0n) is 15.7. The van der Waals surface area contributed by atoms with Gasteiger partial charge in [0.1, 0.15) is 12.4 Å². The van der Waals surface area contributed by atoms with Gasteiger partial charge in [-0.1, -0.05) is 0 Å². The zero-order valence-corrected chi connectivity index (χ0v) is 15.7. The van der Waals surface area contributed by atoms with Crippen molar-refractivity contribution in [2.45, 2.75) is 43.8 Å². The van der Waals surface area contributed by atoms with Gasteiger partial charge in [0.05, 0.1) is 6.61 Å². The van der Waals surface area contributed by atoms with Gasteiger partial charge in [-0.05, 0) is 20.8 Å². The van der Waals surface area contributed by atoms with Crippen LogP contribution in [0.2, 0.25) is 0 Å². The number of nitrogen functional groups attached to an aromatic ring is 1. The van der Waals surface area contributed by atoms with E-state index in [1.165, 1.54) is 0 Å². The number of ether oxygens (including phenoxy) is 1. The number of imidazole rings is 1. The van der Waals surface area contributed by atoms with Crippen LogP contribution < -0.4 is 11.3 Å². The zero-order chi connectivity index (χ0) is 21.9. The van der Waals surface area contributed by atoms with E-state index in [1.807, 2.05) is 0 Å². The average molecular weight is 409 g/mol. The third-order valence-electron chi connectivity index (χ3n) is 5.27. The first kappa shape index (κ1) is 20.7. The molecule has 1 aliphatic heterocycles. The predicted octanol–water partition coefficient (Wildman–Crippen LogP) is -3.03. The number of ketones is 3. The van der Waals surface area contributed by atoms with Gasteiger partial charge in [-0.2, -0.15) is 4.98 Å². The molecule has 0 radical (unpaired) electrons. The van der Waals surface area contributed by atoms with Crippen LogP contribution in [0.3, 0.4) is 0 Å². The summed E-state index contributed by atoms with van der Waals surface area (Å²) in [7, 11) is 0. The molecule has 0 saturated carbocycles. The second kappa shape index (κ2) is 6.25. The first-order valence-electron chi connectivity index (χ1n) is 8.39. The van der Waals surface area contributed by atoms with Crippen LogP contribution in [0.15, 0.2) is 11.1 Å². The van der Waals surface area contributed by atoms with Crippen LogP contribution in [0.25, 0.3) is 11.2 Å². The number of anilines is 1. The van der Waals surface area contributed by atoms with Gasteiger partial charge in [-0.15, -0.1) is 0 Å². The number of carbonyl (C=O) groups excluding carboxylic acids is 3. The van der Waals surface area contributed by atoms with Crippen LogP contribution in [-0.4, -0.2) is 76.1 Å². The Morgan fingerprint density at radius 3 is 2.34 bits per heavy atom. The highest BCUT2D eigenvalue weighted by Gasteiger charge is 2.80.